The normalized spacial score (nSPS) is 11.3. The predicted molar refractivity (Wildman–Crippen MR) is 65.6 cm³/mol. The fourth-order valence-electron chi connectivity index (χ4n) is 1.21. The molecule has 17 heavy (non-hydrogen) atoms. The van der Waals surface area contributed by atoms with Crippen LogP contribution in [0.3, 0.4) is 0 Å². The first-order valence-electron chi connectivity index (χ1n) is 6.17. The monoisotopic (exact) mass is 244 g/mol. The van der Waals surface area contributed by atoms with Crippen LogP contribution in [0.5, 0.6) is 0 Å². The minimum atomic E-state index is -0.461. The van der Waals surface area contributed by atoms with Gasteiger partial charge in [-0.25, -0.2) is 0 Å². The fourth-order valence-corrected chi connectivity index (χ4v) is 1.21. The summed E-state index contributed by atoms with van der Waals surface area (Å²) in [5, 5.41) is 8.55. The molecule has 0 spiro atoms. The van der Waals surface area contributed by atoms with Gasteiger partial charge in [0.2, 0.25) is 0 Å². The van der Waals surface area contributed by atoms with Crippen LogP contribution in [0.1, 0.15) is 52.9 Å². The zero-order chi connectivity index (χ0) is 13.3. The standard InChI is InChI=1S/C13H24O4/c1-13(2,3)12(16)17-10-5-4-7-11(15)8-6-9-14/h14H,4-10H2,1-3H3. The number of unbranched alkanes of at least 4 members (excludes halogenated alkanes) is 1. The van der Waals surface area contributed by atoms with E-state index in [9.17, 15) is 9.59 Å². The maximum Gasteiger partial charge on any atom is 0.311 e. The van der Waals surface area contributed by atoms with Gasteiger partial charge in [-0.3, -0.25) is 9.59 Å². The topological polar surface area (TPSA) is 63.6 Å². The van der Waals surface area contributed by atoms with Crippen molar-refractivity contribution in [1.29, 1.82) is 0 Å². The highest BCUT2D eigenvalue weighted by molar-refractivity contribution is 5.78. The number of carbonyl (C=O) groups is 2. The maximum absolute atomic E-state index is 11.4. The second kappa shape index (κ2) is 8.23. The number of ketones is 1. The molecule has 100 valence electrons. The fraction of sp³-hybridized carbons (Fsp3) is 0.846. The molecule has 4 heteroatoms. The number of Topliss-reactive ketones (excluding diaryl/α,β-unsaturated/α-hetero) is 1. The van der Waals surface area contributed by atoms with Crippen molar-refractivity contribution in [3.8, 4) is 0 Å². The first-order chi connectivity index (χ1) is 7.88. The molecule has 0 amide bonds. The number of hydrogen-bond acceptors (Lipinski definition) is 4. The quantitative estimate of drug-likeness (QED) is 0.524. The molecule has 0 unspecified atom stereocenters. The van der Waals surface area contributed by atoms with E-state index in [0.29, 0.717) is 32.3 Å². The van der Waals surface area contributed by atoms with Crippen LogP contribution in [0, 0.1) is 5.41 Å². The molecule has 0 aromatic carbocycles. The summed E-state index contributed by atoms with van der Waals surface area (Å²) in [4.78, 5) is 22.6. The van der Waals surface area contributed by atoms with Gasteiger partial charge in [-0.15, -0.1) is 0 Å². The zero-order valence-corrected chi connectivity index (χ0v) is 11.1. The third-order valence-electron chi connectivity index (χ3n) is 2.31. The van der Waals surface area contributed by atoms with E-state index in [0.717, 1.165) is 6.42 Å². The molecular weight excluding hydrogens is 220 g/mol. The Bertz CT molecular complexity index is 240. The van der Waals surface area contributed by atoms with Gasteiger partial charge in [0.1, 0.15) is 5.78 Å². The number of carbonyl (C=O) groups excluding carboxylic acids is 2. The van der Waals surface area contributed by atoms with E-state index in [2.05, 4.69) is 0 Å². The molecule has 1 N–H and O–H groups in total. The van der Waals surface area contributed by atoms with E-state index in [1.165, 1.54) is 0 Å². The van der Waals surface area contributed by atoms with Crippen LogP contribution in [0.4, 0.5) is 0 Å². The lowest BCUT2D eigenvalue weighted by Crippen LogP contribution is -2.23. The Kier molecular flexibility index (Phi) is 7.79. The van der Waals surface area contributed by atoms with Gasteiger partial charge in [-0.1, -0.05) is 0 Å². The molecule has 0 radical (unpaired) electrons. The Morgan fingerprint density at radius 2 is 1.65 bits per heavy atom. The van der Waals surface area contributed by atoms with Crippen molar-refractivity contribution >= 4 is 11.8 Å². The minimum absolute atomic E-state index is 0.0644. The molecule has 4 nitrogen and oxygen atoms in total. The molecule has 0 saturated heterocycles. The van der Waals surface area contributed by atoms with Gasteiger partial charge >= 0.3 is 5.97 Å². The van der Waals surface area contributed by atoms with Gasteiger partial charge in [0.05, 0.1) is 12.0 Å². The Hall–Kier alpha value is -0.900. The lowest BCUT2D eigenvalue weighted by atomic mass is 9.97. The van der Waals surface area contributed by atoms with Crippen LogP contribution in [0.15, 0.2) is 0 Å². The molecule has 0 aliphatic carbocycles. The van der Waals surface area contributed by atoms with Crippen LogP contribution < -0.4 is 0 Å². The molecule has 0 aliphatic heterocycles. The van der Waals surface area contributed by atoms with Crippen molar-refractivity contribution in [2.75, 3.05) is 13.2 Å². The molecule has 0 aliphatic rings. The first kappa shape index (κ1) is 16.1. The van der Waals surface area contributed by atoms with Crippen molar-refractivity contribution in [1.82, 2.24) is 0 Å². The van der Waals surface area contributed by atoms with Crippen molar-refractivity contribution in [3.05, 3.63) is 0 Å². The average molecular weight is 244 g/mol. The van der Waals surface area contributed by atoms with Crippen molar-refractivity contribution in [2.24, 2.45) is 5.41 Å². The lowest BCUT2D eigenvalue weighted by molar-refractivity contribution is -0.153. The number of aliphatic hydroxyl groups is 1. The molecule has 0 saturated carbocycles. The van der Waals surface area contributed by atoms with Gasteiger partial charge in [0, 0.05) is 19.4 Å². The summed E-state index contributed by atoms with van der Waals surface area (Å²) in [7, 11) is 0. The highest BCUT2D eigenvalue weighted by Crippen LogP contribution is 2.15. The molecule has 0 bridgehead atoms. The zero-order valence-electron chi connectivity index (χ0n) is 11.1. The molecule has 0 aromatic heterocycles. The average Bonchev–Trinajstić information content (AvgIpc) is 2.24. The van der Waals surface area contributed by atoms with Gasteiger partial charge < -0.3 is 9.84 Å². The van der Waals surface area contributed by atoms with E-state index in [1.807, 2.05) is 20.8 Å². The summed E-state index contributed by atoms with van der Waals surface area (Å²) < 4.78 is 5.08. The maximum atomic E-state index is 11.4. The third-order valence-corrected chi connectivity index (χ3v) is 2.31. The van der Waals surface area contributed by atoms with Crippen LogP contribution >= 0.6 is 0 Å². The van der Waals surface area contributed by atoms with Gasteiger partial charge in [-0.05, 0) is 40.0 Å². The van der Waals surface area contributed by atoms with E-state index >= 15 is 0 Å². The van der Waals surface area contributed by atoms with Gasteiger partial charge in [0.25, 0.3) is 0 Å². The second-order valence-corrected chi connectivity index (χ2v) is 5.21. The number of hydrogen-bond donors (Lipinski definition) is 1. The summed E-state index contributed by atoms with van der Waals surface area (Å²) in [6, 6.07) is 0. The van der Waals surface area contributed by atoms with Crippen molar-refractivity contribution < 1.29 is 19.4 Å². The second-order valence-electron chi connectivity index (χ2n) is 5.21. The van der Waals surface area contributed by atoms with E-state index in [1.54, 1.807) is 0 Å². The predicted octanol–water partition coefficient (Wildman–Crippen LogP) is 2.09. The molecule has 0 rings (SSSR count). The summed E-state index contributed by atoms with van der Waals surface area (Å²) >= 11 is 0. The smallest absolute Gasteiger partial charge is 0.311 e. The van der Waals surface area contributed by atoms with Crippen LogP contribution in [0.25, 0.3) is 0 Å². The molecule has 0 atom stereocenters. The summed E-state index contributed by atoms with van der Waals surface area (Å²) in [6.07, 6.45) is 2.94. The first-order valence-corrected chi connectivity index (χ1v) is 6.17. The Labute approximate surface area is 103 Å². The van der Waals surface area contributed by atoms with Crippen LogP contribution in [-0.4, -0.2) is 30.1 Å². The number of esters is 1. The van der Waals surface area contributed by atoms with Gasteiger partial charge in [-0.2, -0.15) is 0 Å². The van der Waals surface area contributed by atoms with Crippen LogP contribution in [0.2, 0.25) is 0 Å². The van der Waals surface area contributed by atoms with Gasteiger partial charge in [0.15, 0.2) is 0 Å². The Morgan fingerprint density at radius 3 is 2.18 bits per heavy atom. The number of ether oxygens (including phenoxy) is 1. The Balaban J connectivity index is 3.47. The molecule has 0 heterocycles. The van der Waals surface area contributed by atoms with Crippen LogP contribution in [-0.2, 0) is 14.3 Å². The summed E-state index contributed by atoms with van der Waals surface area (Å²) in [5.41, 5.74) is -0.461. The highest BCUT2D eigenvalue weighted by Gasteiger charge is 2.22. The number of rotatable bonds is 8. The largest absolute Gasteiger partial charge is 0.465 e. The third kappa shape index (κ3) is 8.86. The molecule has 0 fully saturated rings. The Morgan fingerprint density at radius 1 is 1.06 bits per heavy atom. The minimum Gasteiger partial charge on any atom is -0.465 e. The molecule has 0 aromatic rings. The van der Waals surface area contributed by atoms with E-state index < -0.39 is 5.41 Å². The highest BCUT2D eigenvalue weighted by atomic mass is 16.5. The SMILES string of the molecule is CC(C)(C)C(=O)OCCCCC(=O)CCCO. The molecular formula is C13H24O4. The van der Waals surface area contributed by atoms with Crippen molar-refractivity contribution in [2.45, 2.75) is 52.9 Å². The van der Waals surface area contributed by atoms with Crippen molar-refractivity contribution in [3.63, 3.8) is 0 Å². The lowest BCUT2D eigenvalue weighted by Gasteiger charge is -2.16. The van der Waals surface area contributed by atoms with E-state index in [-0.39, 0.29) is 18.4 Å². The van der Waals surface area contributed by atoms with E-state index in [4.69, 9.17) is 9.84 Å². The summed E-state index contributed by atoms with van der Waals surface area (Å²) in [6.45, 7) is 5.88. The number of aliphatic hydroxyl groups excluding tert-OH is 1. The summed E-state index contributed by atoms with van der Waals surface area (Å²) in [5.74, 6) is -0.0368.